The van der Waals surface area contributed by atoms with E-state index >= 15 is 0 Å². The molecule has 6 rings (SSSR count). The fourth-order valence-corrected chi connectivity index (χ4v) is 6.69. The highest BCUT2D eigenvalue weighted by atomic mass is 32.2. The molecule has 2 fully saturated rings. The van der Waals surface area contributed by atoms with Gasteiger partial charge < -0.3 is 9.64 Å². The molecule has 1 aliphatic heterocycles. The first kappa shape index (κ1) is 23.4. The number of hydrogen-bond acceptors (Lipinski definition) is 8. The Morgan fingerprint density at radius 3 is 2.39 bits per heavy atom. The van der Waals surface area contributed by atoms with Gasteiger partial charge >= 0.3 is 0 Å². The van der Waals surface area contributed by atoms with Gasteiger partial charge in [0.15, 0.2) is 9.84 Å². The summed E-state index contributed by atoms with van der Waals surface area (Å²) >= 11 is 1.55. The number of piperidine rings is 1. The van der Waals surface area contributed by atoms with Gasteiger partial charge in [0.05, 0.1) is 21.7 Å². The molecule has 0 N–H and O–H groups in total. The van der Waals surface area contributed by atoms with E-state index in [1.54, 1.807) is 23.5 Å². The number of fused-ring (bicyclic) bond motifs is 2. The zero-order valence-electron chi connectivity index (χ0n) is 20.3. The number of rotatable bonds is 8. The Bertz CT molecular complexity index is 1490. The molecule has 1 saturated heterocycles. The van der Waals surface area contributed by atoms with Gasteiger partial charge in [-0.25, -0.2) is 23.4 Å². The van der Waals surface area contributed by atoms with Gasteiger partial charge in [-0.3, -0.25) is 0 Å². The summed E-state index contributed by atoms with van der Waals surface area (Å²) in [4.78, 5) is 16.4. The molecule has 186 valence electrons. The summed E-state index contributed by atoms with van der Waals surface area (Å²) in [5.74, 6) is 2.69. The lowest BCUT2D eigenvalue weighted by atomic mass is 10.1. The Labute approximate surface area is 215 Å². The minimum absolute atomic E-state index is 0.325. The van der Waals surface area contributed by atoms with Crippen molar-refractivity contribution in [3.63, 3.8) is 0 Å². The summed E-state index contributed by atoms with van der Waals surface area (Å²) in [5, 5.41) is 0.700. The van der Waals surface area contributed by atoms with Gasteiger partial charge in [0.1, 0.15) is 0 Å². The number of nitrogens with zero attached hydrogens (tertiary/aromatic N) is 4. The normalized spacial score (nSPS) is 21.1. The summed E-state index contributed by atoms with van der Waals surface area (Å²) < 4.78 is 30.6. The van der Waals surface area contributed by atoms with Crippen LogP contribution in [0.15, 0.2) is 59.8 Å². The van der Waals surface area contributed by atoms with E-state index in [1.165, 1.54) is 11.8 Å². The lowest BCUT2D eigenvalue weighted by Crippen LogP contribution is -2.27. The molecule has 2 aromatic heterocycles. The molecule has 1 saturated carbocycles. The third kappa shape index (κ3) is 4.57. The van der Waals surface area contributed by atoms with Crippen molar-refractivity contribution in [1.82, 2.24) is 15.0 Å². The van der Waals surface area contributed by atoms with Crippen molar-refractivity contribution < 1.29 is 13.2 Å². The molecule has 0 spiro atoms. The van der Waals surface area contributed by atoms with E-state index in [9.17, 15) is 8.42 Å². The Morgan fingerprint density at radius 2 is 1.72 bits per heavy atom. The molecule has 36 heavy (non-hydrogen) atoms. The van der Waals surface area contributed by atoms with Gasteiger partial charge in [-0.05, 0) is 59.2 Å². The smallest absolute Gasteiger partial charge is 0.274 e. The summed E-state index contributed by atoms with van der Waals surface area (Å²) in [6.45, 7) is 4.85. The molecule has 9 heteroatoms. The van der Waals surface area contributed by atoms with Crippen molar-refractivity contribution >= 4 is 37.3 Å². The number of anilines is 1. The number of aromatic nitrogens is 3. The van der Waals surface area contributed by atoms with Crippen LogP contribution in [-0.2, 0) is 16.3 Å². The van der Waals surface area contributed by atoms with Crippen molar-refractivity contribution in [2.45, 2.75) is 24.7 Å². The maximum atomic E-state index is 11.7. The molecule has 7 nitrogen and oxygen atoms in total. The van der Waals surface area contributed by atoms with Crippen LogP contribution in [0.3, 0.4) is 0 Å². The maximum Gasteiger partial charge on any atom is 0.274 e. The molecule has 3 heterocycles. The van der Waals surface area contributed by atoms with Crippen molar-refractivity contribution in [3.8, 4) is 16.3 Å². The summed E-state index contributed by atoms with van der Waals surface area (Å²) in [6, 6.07) is 13.1. The SMILES string of the molecule is CCCc1cnc(N2CC3C(COc4nc5ccc(-c6ccc(S(C)(=O)=O)cc6)cc5s4)[C@H]3C2)nc1. The molecule has 0 amide bonds. The van der Waals surface area contributed by atoms with Gasteiger partial charge in [-0.15, -0.1) is 0 Å². The fourth-order valence-electron chi connectivity index (χ4n) is 5.20. The second-order valence-electron chi connectivity index (χ2n) is 9.81. The van der Waals surface area contributed by atoms with Crippen LogP contribution >= 0.6 is 11.3 Å². The van der Waals surface area contributed by atoms with E-state index in [4.69, 9.17) is 4.74 Å². The molecule has 2 aromatic carbocycles. The maximum absolute atomic E-state index is 11.7. The number of ether oxygens (including phenoxy) is 1. The second-order valence-corrected chi connectivity index (χ2v) is 12.8. The quantitative estimate of drug-likeness (QED) is 0.328. The molecule has 0 bridgehead atoms. The van der Waals surface area contributed by atoms with Gasteiger partial charge in [0.25, 0.3) is 5.19 Å². The number of aryl methyl sites for hydroxylation is 1. The lowest BCUT2D eigenvalue weighted by Gasteiger charge is -2.19. The minimum Gasteiger partial charge on any atom is -0.470 e. The van der Waals surface area contributed by atoms with Crippen LogP contribution in [0.2, 0.25) is 0 Å². The van der Waals surface area contributed by atoms with E-state index in [2.05, 4.69) is 32.8 Å². The Balaban J connectivity index is 1.06. The zero-order chi connectivity index (χ0) is 24.9. The number of thiazole rings is 1. The average molecular weight is 521 g/mol. The highest BCUT2D eigenvalue weighted by Crippen LogP contribution is 2.52. The lowest BCUT2D eigenvalue weighted by molar-refractivity contribution is 0.282. The van der Waals surface area contributed by atoms with E-state index < -0.39 is 9.84 Å². The highest BCUT2D eigenvalue weighted by Gasteiger charge is 2.56. The number of benzene rings is 2. The third-order valence-corrected chi connectivity index (χ3v) is 9.33. The van der Waals surface area contributed by atoms with Crippen molar-refractivity contribution in [3.05, 3.63) is 60.4 Å². The summed E-state index contributed by atoms with van der Waals surface area (Å²) in [7, 11) is -3.20. The van der Waals surface area contributed by atoms with Crippen LogP contribution in [0.5, 0.6) is 5.19 Å². The van der Waals surface area contributed by atoms with Gasteiger partial charge in [0, 0.05) is 37.7 Å². The standard InChI is InChI=1S/C27H28N4O3S2/c1-3-4-17-12-28-26(29-13-17)31-14-21-22(15-31)23(21)16-34-27-30-24-10-7-19(11-25(24)35-27)18-5-8-20(9-6-18)36(2,32)33/h5-13,21-23H,3-4,14-16H2,1-2H3/t21-,22?,23?/m0/s1. The molecular formula is C27H28N4O3S2. The van der Waals surface area contributed by atoms with E-state index in [-0.39, 0.29) is 0 Å². The fraction of sp³-hybridized carbons (Fsp3) is 0.370. The Kier molecular flexibility index (Phi) is 5.92. The topological polar surface area (TPSA) is 85.3 Å². The third-order valence-electron chi connectivity index (χ3n) is 7.27. The monoisotopic (exact) mass is 520 g/mol. The van der Waals surface area contributed by atoms with Crippen LogP contribution in [0.25, 0.3) is 21.3 Å². The van der Waals surface area contributed by atoms with Crippen LogP contribution in [0.1, 0.15) is 18.9 Å². The van der Waals surface area contributed by atoms with E-state index in [1.807, 2.05) is 36.7 Å². The molecule has 3 atom stereocenters. The van der Waals surface area contributed by atoms with Crippen molar-refractivity contribution in [2.24, 2.45) is 17.8 Å². The van der Waals surface area contributed by atoms with Gasteiger partial charge in [-0.2, -0.15) is 0 Å². The predicted molar refractivity (Wildman–Crippen MR) is 142 cm³/mol. The molecule has 4 aromatic rings. The van der Waals surface area contributed by atoms with Crippen LogP contribution in [0, 0.1) is 17.8 Å². The van der Waals surface area contributed by atoms with Crippen LogP contribution in [0.4, 0.5) is 5.95 Å². The second kappa shape index (κ2) is 9.12. The summed E-state index contributed by atoms with van der Waals surface area (Å²) in [5.41, 5.74) is 4.11. The first-order valence-corrected chi connectivity index (χ1v) is 15.0. The molecule has 2 unspecified atom stereocenters. The summed E-state index contributed by atoms with van der Waals surface area (Å²) in [6.07, 6.45) is 7.27. The number of hydrogen-bond donors (Lipinski definition) is 0. The first-order valence-electron chi connectivity index (χ1n) is 12.3. The highest BCUT2D eigenvalue weighted by molar-refractivity contribution is 7.90. The predicted octanol–water partition coefficient (Wildman–Crippen LogP) is 4.87. The minimum atomic E-state index is -3.20. The number of sulfone groups is 1. The Morgan fingerprint density at radius 1 is 1.03 bits per heavy atom. The van der Waals surface area contributed by atoms with Crippen LogP contribution in [-0.4, -0.2) is 49.3 Å². The Hall–Kier alpha value is -3.04. The van der Waals surface area contributed by atoms with E-state index in [0.717, 1.165) is 53.2 Å². The van der Waals surface area contributed by atoms with Crippen LogP contribution < -0.4 is 9.64 Å². The molecule has 2 aliphatic rings. The van der Waals surface area contributed by atoms with Gasteiger partial charge in [-0.1, -0.05) is 42.9 Å². The van der Waals surface area contributed by atoms with Gasteiger partial charge in [0.2, 0.25) is 5.95 Å². The molecule has 0 radical (unpaired) electrons. The molecular weight excluding hydrogens is 492 g/mol. The average Bonchev–Trinajstić information content (AvgIpc) is 3.19. The van der Waals surface area contributed by atoms with Crippen molar-refractivity contribution in [1.29, 1.82) is 0 Å². The largest absolute Gasteiger partial charge is 0.470 e. The molecule has 1 aliphatic carbocycles. The van der Waals surface area contributed by atoms with Crippen molar-refractivity contribution in [2.75, 3.05) is 30.9 Å². The first-order chi connectivity index (χ1) is 17.4. The zero-order valence-corrected chi connectivity index (χ0v) is 21.9. The van der Waals surface area contributed by atoms with E-state index in [0.29, 0.717) is 34.4 Å².